The number of rotatable bonds is 3. The van der Waals surface area contributed by atoms with Gasteiger partial charge in [-0.05, 0) is 48.0 Å². The van der Waals surface area contributed by atoms with Crippen LogP contribution in [0, 0.1) is 10.1 Å². The van der Waals surface area contributed by atoms with E-state index in [9.17, 15) is 10.1 Å². The summed E-state index contributed by atoms with van der Waals surface area (Å²) in [4.78, 5) is 17.6. The van der Waals surface area contributed by atoms with Crippen molar-refractivity contribution in [3.05, 3.63) is 91.4 Å². The second-order valence-electron chi connectivity index (χ2n) is 6.02. The first kappa shape index (κ1) is 17.9. The molecule has 0 radical (unpaired) electrons. The molecule has 1 aliphatic heterocycles. The van der Waals surface area contributed by atoms with Crippen LogP contribution < -0.4 is 4.90 Å². The van der Waals surface area contributed by atoms with Gasteiger partial charge in [0.2, 0.25) is 0 Å². The van der Waals surface area contributed by atoms with Crippen LogP contribution in [0.3, 0.4) is 0 Å². The van der Waals surface area contributed by atoms with Crippen LogP contribution in [0.4, 0.5) is 22.7 Å². The molecule has 0 N–H and O–H groups in total. The molecular formula is C20H13Br2N3O2. The lowest BCUT2D eigenvalue weighted by atomic mass is 10.0. The number of aliphatic imine (C=N–C) groups is 1. The van der Waals surface area contributed by atoms with Crippen molar-refractivity contribution in [2.75, 3.05) is 4.90 Å². The molecule has 1 heterocycles. The van der Waals surface area contributed by atoms with Gasteiger partial charge in [0.15, 0.2) is 5.69 Å². The Morgan fingerprint density at radius 1 is 0.926 bits per heavy atom. The van der Waals surface area contributed by atoms with Crippen molar-refractivity contribution in [2.45, 2.75) is 6.04 Å². The number of para-hydroxylation sites is 1. The molecule has 0 aromatic heterocycles. The van der Waals surface area contributed by atoms with Crippen LogP contribution in [0.5, 0.6) is 0 Å². The Morgan fingerprint density at radius 3 is 2.19 bits per heavy atom. The maximum absolute atomic E-state index is 11.5. The molecule has 27 heavy (non-hydrogen) atoms. The third-order valence-electron chi connectivity index (χ3n) is 4.39. The van der Waals surface area contributed by atoms with Crippen molar-refractivity contribution >= 4 is 60.8 Å². The summed E-state index contributed by atoms with van der Waals surface area (Å²) in [6, 6.07) is 20.8. The molecule has 0 saturated carbocycles. The van der Waals surface area contributed by atoms with Crippen molar-refractivity contribution in [3.63, 3.8) is 0 Å². The predicted octanol–water partition coefficient (Wildman–Crippen LogP) is 6.72. The Hall–Kier alpha value is -2.51. The highest BCUT2D eigenvalue weighted by atomic mass is 79.9. The monoisotopic (exact) mass is 485 g/mol. The average Bonchev–Trinajstić information content (AvgIpc) is 2.68. The fourth-order valence-corrected chi connectivity index (χ4v) is 3.68. The highest BCUT2D eigenvalue weighted by Crippen LogP contribution is 2.47. The van der Waals surface area contributed by atoms with Gasteiger partial charge >= 0.3 is 0 Å². The maximum atomic E-state index is 11.5. The van der Waals surface area contributed by atoms with E-state index in [2.05, 4.69) is 41.8 Å². The summed E-state index contributed by atoms with van der Waals surface area (Å²) in [5, 5.41) is 11.5. The minimum atomic E-state index is -0.393. The predicted molar refractivity (Wildman–Crippen MR) is 114 cm³/mol. The number of benzene rings is 3. The highest BCUT2D eigenvalue weighted by Gasteiger charge is 2.30. The number of fused-ring (bicyclic) bond motifs is 1. The number of nitro benzene ring substituents is 1. The van der Waals surface area contributed by atoms with Crippen molar-refractivity contribution in [1.29, 1.82) is 0 Å². The van der Waals surface area contributed by atoms with Gasteiger partial charge in [-0.15, -0.1) is 0 Å². The summed E-state index contributed by atoms with van der Waals surface area (Å²) in [6.45, 7) is 0. The minimum Gasteiger partial charge on any atom is -0.327 e. The Morgan fingerprint density at radius 2 is 1.56 bits per heavy atom. The number of hydrogen-bond donors (Lipinski definition) is 0. The van der Waals surface area contributed by atoms with Gasteiger partial charge in [0.1, 0.15) is 0 Å². The largest absolute Gasteiger partial charge is 0.327 e. The lowest BCUT2D eigenvalue weighted by Crippen LogP contribution is -2.27. The second kappa shape index (κ2) is 7.25. The lowest BCUT2D eigenvalue weighted by molar-refractivity contribution is -0.384. The molecule has 5 nitrogen and oxygen atoms in total. The minimum absolute atomic E-state index is 0.000109. The molecule has 0 fully saturated rings. The molecule has 1 aliphatic rings. The maximum Gasteiger partial charge on any atom is 0.296 e. The second-order valence-corrected chi connectivity index (χ2v) is 7.85. The van der Waals surface area contributed by atoms with E-state index in [0.717, 1.165) is 20.2 Å². The van der Waals surface area contributed by atoms with Crippen LogP contribution in [0.25, 0.3) is 0 Å². The van der Waals surface area contributed by atoms with Crippen LogP contribution in [0.1, 0.15) is 11.6 Å². The smallest absolute Gasteiger partial charge is 0.296 e. The summed E-state index contributed by atoms with van der Waals surface area (Å²) in [6.07, 6.45) is 1.76. The van der Waals surface area contributed by atoms with Crippen molar-refractivity contribution in [1.82, 2.24) is 0 Å². The Labute approximate surface area is 172 Å². The average molecular weight is 487 g/mol. The van der Waals surface area contributed by atoms with Crippen LogP contribution in [-0.4, -0.2) is 11.1 Å². The summed E-state index contributed by atoms with van der Waals surface area (Å²) < 4.78 is 1.96. The zero-order valence-electron chi connectivity index (χ0n) is 13.9. The van der Waals surface area contributed by atoms with E-state index in [1.807, 2.05) is 54.6 Å². The zero-order valence-corrected chi connectivity index (χ0v) is 17.1. The molecule has 0 spiro atoms. The number of nitro groups is 1. The highest BCUT2D eigenvalue weighted by molar-refractivity contribution is 9.10. The third-order valence-corrected chi connectivity index (χ3v) is 5.45. The van der Waals surface area contributed by atoms with Gasteiger partial charge in [0.25, 0.3) is 5.69 Å². The Balaban J connectivity index is 1.91. The first-order chi connectivity index (χ1) is 13.0. The molecule has 0 bridgehead atoms. The van der Waals surface area contributed by atoms with Gasteiger partial charge in [0, 0.05) is 26.9 Å². The van der Waals surface area contributed by atoms with Crippen LogP contribution >= 0.6 is 31.9 Å². The van der Waals surface area contributed by atoms with E-state index < -0.39 is 4.92 Å². The van der Waals surface area contributed by atoms with Crippen LogP contribution in [0.15, 0.2) is 80.7 Å². The van der Waals surface area contributed by atoms with E-state index in [1.165, 1.54) is 6.07 Å². The summed E-state index contributed by atoms with van der Waals surface area (Å²) >= 11 is 6.92. The van der Waals surface area contributed by atoms with Gasteiger partial charge in [-0.2, -0.15) is 0 Å². The van der Waals surface area contributed by atoms with Crippen LogP contribution in [0.2, 0.25) is 0 Å². The molecule has 1 atom stereocenters. The van der Waals surface area contributed by atoms with Gasteiger partial charge < -0.3 is 4.90 Å². The fraction of sp³-hybridized carbons (Fsp3) is 0.0500. The molecule has 3 aromatic carbocycles. The van der Waals surface area contributed by atoms with Crippen LogP contribution in [-0.2, 0) is 0 Å². The Bertz CT molecular complexity index is 1030. The summed E-state index contributed by atoms with van der Waals surface area (Å²) in [5.74, 6) is 0. The van der Waals surface area contributed by atoms with Gasteiger partial charge in [0.05, 0.1) is 16.7 Å². The molecule has 7 heteroatoms. The van der Waals surface area contributed by atoms with Gasteiger partial charge in [-0.25, -0.2) is 4.99 Å². The molecule has 0 saturated heterocycles. The molecular weight excluding hydrogens is 474 g/mol. The van der Waals surface area contributed by atoms with Crippen molar-refractivity contribution in [3.8, 4) is 0 Å². The van der Waals surface area contributed by atoms with E-state index in [1.54, 1.807) is 12.3 Å². The fourth-order valence-electron chi connectivity index (χ4n) is 3.15. The van der Waals surface area contributed by atoms with Gasteiger partial charge in [-0.3, -0.25) is 10.1 Å². The van der Waals surface area contributed by atoms with Crippen molar-refractivity contribution in [2.24, 2.45) is 4.99 Å². The zero-order chi connectivity index (χ0) is 19.0. The third kappa shape index (κ3) is 3.40. The van der Waals surface area contributed by atoms with E-state index in [0.29, 0.717) is 11.4 Å². The molecule has 1 unspecified atom stereocenters. The molecule has 3 aromatic rings. The molecule has 4 rings (SSSR count). The first-order valence-electron chi connectivity index (χ1n) is 8.16. The first-order valence-corrected chi connectivity index (χ1v) is 9.75. The standard InChI is InChI=1S/C20H13Br2N3O2/c21-14-6-4-13(5-7-14)19-12-23-20-17(2-1-3-18(20)25(26)27)24(19)16-10-8-15(22)9-11-16/h1-12,19H. The summed E-state index contributed by atoms with van der Waals surface area (Å²) in [7, 11) is 0. The quantitative estimate of drug-likeness (QED) is 0.305. The van der Waals surface area contributed by atoms with Gasteiger partial charge in [-0.1, -0.05) is 50.1 Å². The molecule has 0 aliphatic carbocycles. The molecule has 0 amide bonds. The number of nitrogens with zero attached hydrogens (tertiary/aromatic N) is 3. The van der Waals surface area contributed by atoms with E-state index in [-0.39, 0.29) is 11.7 Å². The molecule has 134 valence electrons. The lowest BCUT2D eigenvalue weighted by Gasteiger charge is -2.35. The van der Waals surface area contributed by atoms with E-state index in [4.69, 9.17) is 0 Å². The number of anilines is 2. The normalized spacial score (nSPS) is 15.5. The summed E-state index contributed by atoms with van der Waals surface area (Å²) in [5.41, 5.74) is 3.06. The van der Waals surface area contributed by atoms with E-state index >= 15 is 0 Å². The topological polar surface area (TPSA) is 58.7 Å². The Kier molecular flexibility index (Phi) is 4.80. The SMILES string of the molecule is O=[N+]([O-])c1cccc2c1N=CC(c1ccc(Br)cc1)N2c1ccc(Br)cc1. The van der Waals surface area contributed by atoms with Crippen molar-refractivity contribution < 1.29 is 4.92 Å². The number of hydrogen-bond acceptors (Lipinski definition) is 4. The number of halogens is 2.